The van der Waals surface area contributed by atoms with E-state index in [0.29, 0.717) is 12.1 Å². The Hall–Kier alpha value is -0.570. The second-order valence-corrected chi connectivity index (χ2v) is 7.70. The molecule has 3 heteroatoms. The molecule has 2 rings (SSSR count). The van der Waals surface area contributed by atoms with Crippen LogP contribution in [0.1, 0.15) is 46.1 Å². The molecule has 2 nitrogen and oxygen atoms in total. The van der Waals surface area contributed by atoms with E-state index in [4.69, 9.17) is 11.6 Å². The molecule has 1 heterocycles. The van der Waals surface area contributed by atoms with Gasteiger partial charge in [0, 0.05) is 36.7 Å². The van der Waals surface area contributed by atoms with E-state index in [9.17, 15) is 0 Å². The third-order valence-electron chi connectivity index (χ3n) is 4.53. The average molecular weight is 309 g/mol. The SMILES string of the molecule is CCCC1CNC(C(C)(C)C)CN1Cc1ccccc1Cl. The number of piperazine rings is 1. The highest BCUT2D eigenvalue weighted by atomic mass is 35.5. The molecule has 0 bridgehead atoms. The minimum atomic E-state index is 0.288. The first-order valence-corrected chi connectivity index (χ1v) is 8.50. The number of halogens is 1. The van der Waals surface area contributed by atoms with E-state index in [2.05, 4.69) is 50.0 Å². The van der Waals surface area contributed by atoms with Crippen molar-refractivity contribution in [2.75, 3.05) is 13.1 Å². The predicted octanol–water partition coefficient (Wildman–Crippen LogP) is 4.33. The molecule has 21 heavy (non-hydrogen) atoms. The van der Waals surface area contributed by atoms with Crippen molar-refractivity contribution in [3.8, 4) is 0 Å². The third kappa shape index (κ3) is 4.45. The van der Waals surface area contributed by atoms with E-state index in [0.717, 1.165) is 24.7 Å². The quantitative estimate of drug-likeness (QED) is 0.890. The van der Waals surface area contributed by atoms with Crippen molar-refractivity contribution in [3.05, 3.63) is 34.9 Å². The Morgan fingerprint density at radius 3 is 2.62 bits per heavy atom. The van der Waals surface area contributed by atoms with Gasteiger partial charge in [0.2, 0.25) is 0 Å². The van der Waals surface area contributed by atoms with E-state index in [1.54, 1.807) is 0 Å². The molecule has 0 aromatic heterocycles. The standard InChI is InChI=1S/C18H29ClN2/c1-5-8-15-11-20-17(18(2,3)4)13-21(15)12-14-9-6-7-10-16(14)19/h6-7,9-10,15,17,20H,5,8,11-13H2,1-4H3. The summed E-state index contributed by atoms with van der Waals surface area (Å²) in [6, 6.07) is 9.39. The maximum Gasteiger partial charge on any atom is 0.0451 e. The summed E-state index contributed by atoms with van der Waals surface area (Å²) in [5, 5.41) is 4.64. The zero-order chi connectivity index (χ0) is 15.5. The summed E-state index contributed by atoms with van der Waals surface area (Å²) < 4.78 is 0. The molecular weight excluding hydrogens is 280 g/mol. The molecule has 0 amide bonds. The van der Waals surface area contributed by atoms with Crippen molar-refractivity contribution in [2.45, 2.75) is 59.2 Å². The van der Waals surface area contributed by atoms with Crippen LogP contribution in [0.25, 0.3) is 0 Å². The van der Waals surface area contributed by atoms with Gasteiger partial charge in [0.25, 0.3) is 0 Å². The van der Waals surface area contributed by atoms with Crippen molar-refractivity contribution in [1.82, 2.24) is 10.2 Å². The van der Waals surface area contributed by atoms with Crippen LogP contribution in [0.4, 0.5) is 0 Å². The van der Waals surface area contributed by atoms with Crippen LogP contribution in [0.15, 0.2) is 24.3 Å². The van der Waals surface area contributed by atoms with Crippen LogP contribution < -0.4 is 5.32 Å². The number of rotatable bonds is 4. The molecule has 2 atom stereocenters. The first-order chi connectivity index (χ1) is 9.91. The number of nitrogens with zero attached hydrogens (tertiary/aromatic N) is 1. The van der Waals surface area contributed by atoms with E-state index in [-0.39, 0.29) is 5.41 Å². The normalized spacial score (nSPS) is 24.2. The Morgan fingerprint density at radius 1 is 1.29 bits per heavy atom. The predicted molar refractivity (Wildman–Crippen MR) is 91.8 cm³/mol. The van der Waals surface area contributed by atoms with Gasteiger partial charge in [0.15, 0.2) is 0 Å². The van der Waals surface area contributed by atoms with Crippen molar-refractivity contribution in [3.63, 3.8) is 0 Å². The molecule has 0 spiro atoms. The number of hydrogen-bond donors (Lipinski definition) is 1. The summed E-state index contributed by atoms with van der Waals surface area (Å²) in [7, 11) is 0. The Bertz CT molecular complexity index is 453. The molecule has 1 aromatic carbocycles. The topological polar surface area (TPSA) is 15.3 Å². The van der Waals surface area contributed by atoms with Crippen LogP contribution >= 0.6 is 11.6 Å². The van der Waals surface area contributed by atoms with Crippen molar-refractivity contribution in [2.24, 2.45) is 5.41 Å². The van der Waals surface area contributed by atoms with Gasteiger partial charge in [-0.25, -0.2) is 0 Å². The Morgan fingerprint density at radius 2 is 2.00 bits per heavy atom. The Balaban J connectivity index is 2.12. The highest BCUT2D eigenvalue weighted by Gasteiger charge is 2.33. The first-order valence-electron chi connectivity index (χ1n) is 8.12. The highest BCUT2D eigenvalue weighted by Crippen LogP contribution is 2.27. The average Bonchev–Trinajstić information content (AvgIpc) is 2.42. The smallest absolute Gasteiger partial charge is 0.0451 e. The van der Waals surface area contributed by atoms with E-state index in [1.807, 2.05) is 12.1 Å². The van der Waals surface area contributed by atoms with Gasteiger partial charge in [0.05, 0.1) is 0 Å². The second-order valence-electron chi connectivity index (χ2n) is 7.29. The molecule has 118 valence electrons. The Kier molecular flexibility index (Phi) is 5.70. The number of hydrogen-bond acceptors (Lipinski definition) is 2. The van der Waals surface area contributed by atoms with E-state index >= 15 is 0 Å². The fourth-order valence-electron chi connectivity index (χ4n) is 3.09. The van der Waals surface area contributed by atoms with Crippen LogP contribution in [0, 0.1) is 5.41 Å². The van der Waals surface area contributed by atoms with Crippen LogP contribution in [-0.2, 0) is 6.54 Å². The monoisotopic (exact) mass is 308 g/mol. The summed E-state index contributed by atoms with van der Waals surface area (Å²) in [5.41, 5.74) is 1.53. The van der Waals surface area contributed by atoms with Crippen LogP contribution in [0.2, 0.25) is 5.02 Å². The lowest BCUT2D eigenvalue weighted by Gasteiger charge is -2.45. The molecule has 1 aromatic rings. The van der Waals surface area contributed by atoms with Gasteiger partial charge in [-0.05, 0) is 23.5 Å². The molecule has 1 aliphatic heterocycles. The van der Waals surface area contributed by atoms with Crippen LogP contribution in [-0.4, -0.2) is 30.1 Å². The van der Waals surface area contributed by atoms with Gasteiger partial charge < -0.3 is 5.32 Å². The lowest BCUT2D eigenvalue weighted by Crippen LogP contribution is -2.59. The van der Waals surface area contributed by atoms with Crippen LogP contribution in [0.3, 0.4) is 0 Å². The van der Waals surface area contributed by atoms with Crippen molar-refractivity contribution >= 4 is 11.6 Å². The maximum atomic E-state index is 6.35. The molecule has 1 aliphatic rings. The minimum Gasteiger partial charge on any atom is -0.311 e. The largest absolute Gasteiger partial charge is 0.311 e. The molecule has 1 N–H and O–H groups in total. The zero-order valence-corrected chi connectivity index (χ0v) is 14.6. The van der Waals surface area contributed by atoms with E-state index in [1.165, 1.54) is 18.4 Å². The number of benzene rings is 1. The summed E-state index contributed by atoms with van der Waals surface area (Å²) in [6.07, 6.45) is 2.47. The molecule has 2 unspecified atom stereocenters. The number of nitrogens with one attached hydrogen (secondary N) is 1. The van der Waals surface area contributed by atoms with Gasteiger partial charge in [-0.3, -0.25) is 4.90 Å². The fraction of sp³-hybridized carbons (Fsp3) is 0.667. The van der Waals surface area contributed by atoms with Crippen LogP contribution in [0.5, 0.6) is 0 Å². The van der Waals surface area contributed by atoms with Crippen molar-refractivity contribution in [1.29, 1.82) is 0 Å². The lowest BCUT2D eigenvalue weighted by molar-refractivity contribution is 0.0748. The second kappa shape index (κ2) is 7.13. The maximum absolute atomic E-state index is 6.35. The highest BCUT2D eigenvalue weighted by molar-refractivity contribution is 6.31. The third-order valence-corrected chi connectivity index (χ3v) is 4.90. The van der Waals surface area contributed by atoms with Gasteiger partial charge in [-0.1, -0.05) is 63.9 Å². The first kappa shape index (κ1) is 16.8. The van der Waals surface area contributed by atoms with Gasteiger partial charge in [-0.15, -0.1) is 0 Å². The summed E-state index contributed by atoms with van der Waals surface area (Å²) in [4.78, 5) is 2.62. The van der Waals surface area contributed by atoms with Crippen molar-refractivity contribution < 1.29 is 0 Å². The minimum absolute atomic E-state index is 0.288. The zero-order valence-electron chi connectivity index (χ0n) is 13.8. The lowest BCUT2D eigenvalue weighted by atomic mass is 9.84. The molecule has 1 fully saturated rings. The molecule has 1 saturated heterocycles. The summed E-state index contributed by atoms with van der Waals surface area (Å²) in [6.45, 7) is 12.4. The summed E-state index contributed by atoms with van der Waals surface area (Å²) in [5.74, 6) is 0. The summed E-state index contributed by atoms with van der Waals surface area (Å²) >= 11 is 6.35. The molecule has 0 saturated carbocycles. The van der Waals surface area contributed by atoms with Gasteiger partial charge in [-0.2, -0.15) is 0 Å². The molecular formula is C18H29ClN2. The molecule has 0 aliphatic carbocycles. The van der Waals surface area contributed by atoms with Gasteiger partial charge in [0.1, 0.15) is 0 Å². The van der Waals surface area contributed by atoms with E-state index < -0.39 is 0 Å². The van der Waals surface area contributed by atoms with Gasteiger partial charge >= 0.3 is 0 Å². The Labute approximate surface area is 134 Å². The molecule has 0 radical (unpaired) electrons. The fourth-order valence-corrected chi connectivity index (χ4v) is 3.29.